The molecule has 2 amide bonds. The zero-order valence-corrected chi connectivity index (χ0v) is 14.3. The predicted molar refractivity (Wildman–Crippen MR) is 94.0 cm³/mol. The van der Waals surface area contributed by atoms with Crippen molar-refractivity contribution in [2.24, 2.45) is 0 Å². The summed E-state index contributed by atoms with van der Waals surface area (Å²) >= 11 is 0. The molecule has 3 rings (SSSR count). The van der Waals surface area contributed by atoms with Gasteiger partial charge in [-0.3, -0.25) is 0 Å². The molecule has 0 fully saturated rings. The number of urea groups is 1. The summed E-state index contributed by atoms with van der Waals surface area (Å²) in [4.78, 5) is 12.4. The van der Waals surface area contributed by atoms with Crippen molar-refractivity contribution in [3.63, 3.8) is 0 Å². The van der Waals surface area contributed by atoms with Crippen molar-refractivity contribution in [2.45, 2.75) is 30.2 Å². The molecule has 126 valence electrons. The summed E-state index contributed by atoms with van der Waals surface area (Å²) in [6.45, 7) is 0. The van der Waals surface area contributed by atoms with Crippen molar-refractivity contribution < 1.29 is 13.2 Å². The lowest BCUT2D eigenvalue weighted by atomic mass is 9.88. The van der Waals surface area contributed by atoms with Gasteiger partial charge in [0, 0.05) is 12.3 Å². The predicted octanol–water partition coefficient (Wildman–Crippen LogP) is 2.77. The molecule has 0 heterocycles. The zero-order chi connectivity index (χ0) is 17.2. The van der Waals surface area contributed by atoms with Crippen LogP contribution in [0.3, 0.4) is 0 Å². The SMILES string of the molecule is CS(=O)(=O)c1ccccc1NC(=O)N[C@@H]1CCc2ccccc2C1. The Morgan fingerprint density at radius 2 is 1.71 bits per heavy atom. The smallest absolute Gasteiger partial charge is 0.319 e. The third kappa shape index (κ3) is 3.76. The Labute approximate surface area is 142 Å². The summed E-state index contributed by atoms with van der Waals surface area (Å²) < 4.78 is 23.6. The van der Waals surface area contributed by atoms with E-state index >= 15 is 0 Å². The fraction of sp³-hybridized carbons (Fsp3) is 0.278. The quantitative estimate of drug-likeness (QED) is 0.899. The molecule has 0 aliphatic heterocycles. The number of aryl methyl sites for hydroxylation is 1. The molecule has 2 N–H and O–H groups in total. The molecule has 0 spiro atoms. The Bertz CT molecular complexity index is 862. The topological polar surface area (TPSA) is 75.3 Å². The number of nitrogens with one attached hydrogen (secondary N) is 2. The van der Waals surface area contributed by atoms with Gasteiger partial charge in [-0.15, -0.1) is 0 Å². The lowest BCUT2D eigenvalue weighted by Crippen LogP contribution is -2.41. The molecule has 0 saturated heterocycles. The minimum Gasteiger partial charge on any atom is -0.335 e. The number of sulfone groups is 1. The normalized spacial score (nSPS) is 17.0. The molecule has 0 radical (unpaired) electrons. The Morgan fingerprint density at radius 1 is 1.04 bits per heavy atom. The minimum atomic E-state index is -3.39. The number of amides is 2. The maximum absolute atomic E-state index is 12.3. The van der Waals surface area contributed by atoms with Gasteiger partial charge >= 0.3 is 6.03 Å². The number of benzene rings is 2. The van der Waals surface area contributed by atoms with Crippen molar-refractivity contribution in [3.8, 4) is 0 Å². The number of fused-ring (bicyclic) bond motifs is 1. The fourth-order valence-electron chi connectivity index (χ4n) is 3.06. The van der Waals surface area contributed by atoms with Crippen LogP contribution in [0.2, 0.25) is 0 Å². The van der Waals surface area contributed by atoms with E-state index in [-0.39, 0.29) is 17.0 Å². The van der Waals surface area contributed by atoms with Gasteiger partial charge in [-0.25, -0.2) is 13.2 Å². The van der Waals surface area contributed by atoms with Gasteiger partial charge in [0.15, 0.2) is 9.84 Å². The molecule has 1 atom stereocenters. The highest BCUT2D eigenvalue weighted by Crippen LogP contribution is 2.22. The van der Waals surface area contributed by atoms with Crippen molar-refractivity contribution in [2.75, 3.05) is 11.6 Å². The molecule has 0 aromatic heterocycles. The van der Waals surface area contributed by atoms with Crippen LogP contribution in [0.1, 0.15) is 17.5 Å². The average molecular weight is 344 g/mol. The second-order valence-electron chi connectivity index (χ2n) is 6.08. The second-order valence-corrected chi connectivity index (χ2v) is 8.06. The third-order valence-electron chi connectivity index (χ3n) is 4.22. The summed E-state index contributed by atoms with van der Waals surface area (Å²) in [6.07, 6.45) is 3.72. The van der Waals surface area contributed by atoms with Crippen LogP contribution in [-0.4, -0.2) is 26.7 Å². The summed E-state index contributed by atoms with van der Waals surface area (Å²) in [7, 11) is -3.39. The largest absolute Gasteiger partial charge is 0.335 e. The molecule has 24 heavy (non-hydrogen) atoms. The van der Waals surface area contributed by atoms with E-state index in [2.05, 4.69) is 22.8 Å². The molecule has 2 aromatic carbocycles. The van der Waals surface area contributed by atoms with Crippen LogP contribution < -0.4 is 10.6 Å². The summed E-state index contributed by atoms with van der Waals surface area (Å²) in [5.74, 6) is 0. The monoisotopic (exact) mass is 344 g/mol. The molecule has 1 aliphatic carbocycles. The number of hydrogen-bond donors (Lipinski definition) is 2. The zero-order valence-electron chi connectivity index (χ0n) is 13.5. The maximum atomic E-state index is 12.3. The number of hydrogen-bond acceptors (Lipinski definition) is 3. The number of para-hydroxylation sites is 1. The number of rotatable bonds is 3. The van der Waals surface area contributed by atoms with E-state index in [1.165, 1.54) is 17.2 Å². The van der Waals surface area contributed by atoms with Crippen molar-refractivity contribution in [3.05, 3.63) is 59.7 Å². The van der Waals surface area contributed by atoms with E-state index in [0.29, 0.717) is 5.69 Å². The summed E-state index contributed by atoms with van der Waals surface area (Å²) in [6, 6.07) is 14.3. The average Bonchev–Trinajstić information content (AvgIpc) is 2.54. The highest BCUT2D eigenvalue weighted by atomic mass is 32.2. The van der Waals surface area contributed by atoms with E-state index in [1.807, 2.05) is 12.1 Å². The second kappa shape index (κ2) is 6.65. The van der Waals surface area contributed by atoms with Crippen LogP contribution in [0.4, 0.5) is 10.5 Å². The lowest BCUT2D eigenvalue weighted by molar-refractivity contribution is 0.247. The maximum Gasteiger partial charge on any atom is 0.319 e. The van der Waals surface area contributed by atoms with Crippen LogP contribution in [0, 0.1) is 0 Å². The Balaban J connectivity index is 1.68. The van der Waals surface area contributed by atoms with Gasteiger partial charge in [0.1, 0.15) is 0 Å². The van der Waals surface area contributed by atoms with Crippen molar-refractivity contribution >= 4 is 21.6 Å². The number of carbonyl (C=O) groups excluding carboxylic acids is 1. The van der Waals surface area contributed by atoms with E-state index in [0.717, 1.165) is 25.5 Å². The molecule has 0 saturated carbocycles. The molecule has 5 nitrogen and oxygen atoms in total. The van der Waals surface area contributed by atoms with Crippen molar-refractivity contribution in [1.82, 2.24) is 5.32 Å². The fourth-order valence-corrected chi connectivity index (χ4v) is 3.90. The third-order valence-corrected chi connectivity index (χ3v) is 5.37. The molecule has 1 aliphatic rings. The Hall–Kier alpha value is -2.34. The standard InChI is InChI=1S/C18H20N2O3S/c1-24(22,23)17-9-5-4-8-16(17)20-18(21)19-15-11-10-13-6-2-3-7-14(13)12-15/h2-9,15H,10-12H2,1H3,(H2,19,20,21)/t15-/m1/s1. The first-order valence-electron chi connectivity index (χ1n) is 7.87. The van der Waals surface area contributed by atoms with Gasteiger partial charge in [-0.05, 0) is 42.5 Å². The van der Waals surface area contributed by atoms with Crippen LogP contribution in [0.5, 0.6) is 0 Å². The molecule has 0 unspecified atom stereocenters. The molecule has 0 bridgehead atoms. The highest BCUT2D eigenvalue weighted by molar-refractivity contribution is 7.90. The first kappa shape index (κ1) is 16.5. The van der Waals surface area contributed by atoms with E-state index in [1.54, 1.807) is 18.2 Å². The number of carbonyl (C=O) groups is 1. The van der Waals surface area contributed by atoms with Crippen molar-refractivity contribution in [1.29, 1.82) is 0 Å². The molecule has 6 heteroatoms. The van der Waals surface area contributed by atoms with Gasteiger partial charge < -0.3 is 10.6 Å². The van der Waals surface area contributed by atoms with Gasteiger partial charge in [0.25, 0.3) is 0 Å². The molecule has 2 aromatic rings. The van der Waals surface area contributed by atoms with Crippen LogP contribution in [-0.2, 0) is 22.7 Å². The number of anilines is 1. The van der Waals surface area contributed by atoms with Gasteiger partial charge in [-0.1, -0.05) is 36.4 Å². The van der Waals surface area contributed by atoms with Gasteiger partial charge in [-0.2, -0.15) is 0 Å². The molecular formula is C18H20N2O3S. The van der Waals surface area contributed by atoms with E-state index in [4.69, 9.17) is 0 Å². The minimum absolute atomic E-state index is 0.0466. The van der Waals surface area contributed by atoms with E-state index < -0.39 is 9.84 Å². The van der Waals surface area contributed by atoms with Crippen LogP contribution in [0.25, 0.3) is 0 Å². The van der Waals surface area contributed by atoms with E-state index in [9.17, 15) is 13.2 Å². The Kier molecular flexibility index (Phi) is 4.57. The lowest BCUT2D eigenvalue weighted by Gasteiger charge is -2.25. The van der Waals surface area contributed by atoms with Crippen LogP contribution >= 0.6 is 0 Å². The molecular weight excluding hydrogens is 324 g/mol. The van der Waals surface area contributed by atoms with Gasteiger partial charge in [0.2, 0.25) is 0 Å². The summed E-state index contributed by atoms with van der Waals surface area (Å²) in [5.41, 5.74) is 2.89. The van der Waals surface area contributed by atoms with Crippen LogP contribution in [0.15, 0.2) is 53.4 Å². The first-order valence-corrected chi connectivity index (χ1v) is 9.76. The first-order chi connectivity index (χ1) is 11.4. The van der Waals surface area contributed by atoms with Gasteiger partial charge in [0.05, 0.1) is 10.6 Å². The summed E-state index contributed by atoms with van der Waals surface area (Å²) in [5, 5.41) is 5.60. The highest BCUT2D eigenvalue weighted by Gasteiger charge is 2.21. The Morgan fingerprint density at radius 3 is 2.46 bits per heavy atom.